The summed E-state index contributed by atoms with van der Waals surface area (Å²) in [7, 11) is 3.12. The number of hydrogen-bond acceptors (Lipinski definition) is 6. The maximum Gasteiger partial charge on any atom is 0.307 e. The Morgan fingerprint density at radius 2 is 1.75 bits per heavy atom. The average molecular weight is 430 g/mol. The number of furan rings is 1. The molecule has 1 heterocycles. The first-order valence-corrected chi connectivity index (χ1v) is 9.92. The highest BCUT2D eigenvalue weighted by molar-refractivity contribution is 5.97. The smallest absolute Gasteiger partial charge is 0.307 e. The number of fused-ring (bicyclic) bond motifs is 1. The van der Waals surface area contributed by atoms with Crippen molar-refractivity contribution in [3.8, 4) is 17.2 Å². The predicted octanol–water partition coefficient (Wildman–Crippen LogP) is 4.79. The van der Waals surface area contributed by atoms with Gasteiger partial charge >= 0.3 is 5.91 Å². The number of ether oxygens (including phenoxy) is 3. The van der Waals surface area contributed by atoms with Crippen molar-refractivity contribution in [2.24, 2.45) is 5.10 Å². The Kier molecular flexibility index (Phi) is 6.36. The van der Waals surface area contributed by atoms with Gasteiger partial charge in [-0.25, -0.2) is 5.43 Å². The fourth-order valence-corrected chi connectivity index (χ4v) is 3.15. The molecule has 0 atom stereocenters. The molecule has 0 unspecified atom stereocenters. The summed E-state index contributed by atoms with van der Waals surface area (Å²) in [6.45, 7) is 0.434. The Hall–Kier alpha value is -4.26. The minimum absolute atomic E-state index is 0.142. The monoisotopic (exact) mass is 430 g/mol. The Balaban J connectivity index is 1.41. The number of nitrogens with one attached hydrogen (secondary N) is 1. The van der Waals surface area contributed by atoms with Gasteiger partial charge in [0.25, 0.3) is 0 Å². The maximum absolute atomic E-state index is 12.4. The second-order valence-corrected chi connectivity index (χ2v) is 6.87. The highest BCUT2D eigenvalue weighted by Crippen LogP contribution is 2.29. The number of nitrogens with zero attached hydrogens (tertiary/aromatic N) is 1. The number of hydrazone groups is 1. The van der Waals surface area contributed by atoms with E-state index in [1.807, 2.05) is 48.5 Å². The molecular formula is C25H22N2O5. The molecule has 4 rings (SSSR count). The van der Waals surface area contributed by atoms with Crippen molar-refractivity contribution in [2.75, 3.05) is 14.2 Å². The second-order valence-electron chi connectivity index (χ2n) is 6.87. The molecule has 3 aromatic carbocycles. The molecule has 0 radical (unpaired) electrons. The summed E-state index contributed by atoms with van der Waals surface area (Å²) in [4.78, 5) is 12.4. The van der Waals surface area contributed by atoms with Gasteiger partial charge in [0, 0.05) is 5.39 Å². The second kappa shape index (κ2) is 9.70. The molecule has 1 amide bonds. The zero-order chi connectivity index (χ0) is 22.3. The molecule has 0 aliphatic heterocycles. The summed E-state index contributed by atoms with van der Waals surface area (Å²) in [5.41, 5.74) is 4.78. The van der Waals surface area contributed by atoms with Gasteiger partial charge in [-0.3, -0.25) is 4.79 Å². The normalized spacial score (nSPS) is 10.9. The number of benzene rings is 3. The number of amides is 1. The number of hydrogen-bond donors (Lipinski definition) is 1. The topological polar surface area (TPSA) is 82.3 Å². The van der Waals surface area contributed by atoms with Crippen molar-refractivity contribution in [3.63, 3.8) is 0 Å². The van der Waals surface area contributed by atoms with Crippen LogP contribution in [-0.4, -0.2) is 26.3 Å². The van der Waals surface area contributed by atoms with E-state index in [2.05, 4.69) is 10.5 Å². The minimum atomic E-state index is -0.464. The lowest BCUT2D eigenvalue weighted by atomic mass is 10.2. The highest BCUT2D eigenvalue weighted by atomic mass is 16.5. The molecule has 0 saturated heterocycles. The van der Waals surface area contributed by atoms with E-state index in [9.17, 15) is 4.79 Å². The SMILES string of the molecule is COc1cc(/C=N\NC(=O)c2cc3cccc(OC)c3o2)ccc1OCc1ccccc1. The lowest BCUT2D eigenvalue weighted by molar-refractivity contribution is 0.0929. The summed E-state index contributed by atoms with van der Waals surface area (Å²) in [5.74, 6) is 1.43. The summed E-state index contributed by atoms with van der Waals surface area (Å²) in [6, 6.07) is 22.4. The van der Waals surface area contributed by atoms with Crippen LogP contribution < -0.4 is 19.6 Å². The predicted molar refractivity (Wildman–Crippen MR) is 122 cm³/mol. The van der Waals surface area contributed by atoms with Crippen LogP contribution in [0.5, 0.6) is 17.2 Å². The fourth-order valence-electron chi connectivity index (χ4n) is 3.15. The van der Waals surface area contributed by atoms with E-state index in [-0.39, 0.29) is 5.76 Å². The van der Waals surface area contributed by atoms with E-state index in [1.54, 1.807) is 38.5 Å². The quantitative estimate of drug-likeness (QED) is 0.321. The van der Waals surface area contributed by atoms with Crippen LogP contribution in [-0.2, 0) is 6.61 Å². The molecule has 32 heavy (non-hydrogen) atoms. The lowest BCUT2D eigenvalue weighted by Gasteiger charge is -2.11. The molecule has 4 aromatic rings. The van der Waals surface area contributed by atoms with Crippen molar-refractivity contribution in [2.45, 2.75) is 6.61 Å². The van der Waals surface area contributed by atoms with E-state index in [0.717, 1.165) is 16.5 Å². The Bertz CT molecular complexity index is 1250. The summed E-state index contributed by atoms with van der Waals surface area (Å²) < 4.78 is 22.2. The number of rotatable bonds is 8. The fraction of sp³-hybridized carbons (Fsp3) is 0.120. The zero-order valence-electron chi connectivity index (χ0n) is 17.7. The van der Waals surface area contributed by atoms with Gasteiger partial charge in [0.05, 0.1) is 20.4 Å². The first-order chi connectivity index (χ1) is 15.7. The lowest BCUT2D eigenvalue weighted by Crippen LogP contribution is -2.16. The van der Waals surface area contributed by atoms with E-state index in [1.165, 1.54) is 6.21 Å². The van der Waals surface area contributed by atoms with Crippen LogP contribution in [0.4, 0.5) is 0 Å². The van der Waals surface area contributed by atoms with Crippen molar-refractivity contribution >= 4 is 23.1 Å². The summed E-state index contributed by atoms with van der Waals surface area (Å²) in [5, 5.41) is 4.79. The van der Waals surface area contributed by atoms with E-state index >= 15 is 0 Å². The molecule has 0 aliphatic rings. The average Bonchev–Trinajstić information content (AvgIpc) is 3.28. The largest absolute Gasteiger partial charge is 0.493 e. The zero-order valence-corrected chi connectivity index (χ0v) is 17.7. The summed E-state index contributed by atoms with van der Waals surface area (Å²) in [6.07, 6.45) is 1.52. The van der Waals surface area contributed by atoms with Crippen LogP contribution >= 0.6 is 0 Å². The highest BCUT2D eigenvalue weighted by Gasteiger charge is 2.14. The van der Waals surface area contributed by atoms with Gasteiger partial charge in [-0.2, -0.15) is 5.10 Å². The third kappa shape index (κ3) is 4.73. The van der Waals surface area contributed by atoms with Gasteiger partial charge in [-0.15, -0.1) is 0 Å². The molecule has 7 heteroatoms. The third-order valence-corrected chi connectivity index (χ3v) is 4.76. The van der Waals surface area contributed by atoms with E-state index in [0.29, 0.717) is 29.4 Å². The van der Waals surface area contributed by atoms with Crippen LogP contribution in [0.25, 0.3) is 11.0 Å². The molecule has 1 N–H and O–H groups in total. The Labute approximate surface area is 185 Å². The van der Waals surface area contributed by atoms with Crippen molar-refractivity contribution in [1.82, 2.24) is 5.43 Å². The first-order valence-electron chi connectivity index (χ1n) is 9.92. The van der Waals surface area contributed by atoms with Crippen molar-refractivity contribution < 1.29 is 23.4 Å². The van der Waals surface area contributed by atoms with E-state index < -0.39 is 5.91 Å². The van der Waals surface area contributed by atoms with E-state index in [4.69, 9.17) is 18.6 Å². The molecule has 0 fully saturated rings. The van der Waals surface area contributed by atoms with Gasteiger partial charge in [0.15, 0.2) is 28.6 Å². The molecule has 162 valence electrons. The van der Waals surface area contributed by atoms with Crippen LogP contribution in [0, 0.1) is 0 Å². The standard InChI is InChI=1S/C25H22N2O5/c1-29-21-10-6-9-19-14-23(32-24(19)21)25(28)27-26-15-18-11-12-20(22(13-18)30-2)31-16-17-7-4-3-5-8-17/h3-15H,16H2,1-2H3,(H,27,28)/b26-15-. The third-order valence-electron chi connectivity index (χ3n) is 4.76. The molecule has 1 aromatic heterocycles. The van der Waals surface area contributed by atoms with Crippen LogP contribution in [0.15, 0.2) is 82.3 Å². The summed E-state index contributed by atoms with van der Waals surface area (Å²) >= 11 is 0. The van der Waals surface area contributed by atoms with Crippen LogP contribution in [0.2, 0.25) is 0 Å². The number of methoxy groups -OCH3 is 2. The number of carbonyl (C=O) groups is 1. The Morgan fingerprint density at radius 1 is 0.938 bits per heavy atom. The minimum Gasteiger partial charge on any atom is -0.493 e. The van der Waals surface area contributed by atoms with Gasteiger partial charge in [0.2, 0.25) is 0 Å². The number of para-hydroxylation sites is 1. The molecule has 0 aliphatic carbocycles. The molecule has 7 nitrogen and oxygen atoms in total. The number of carbonyl (C=O) groups excluding carboxylic acids is 1. The van der Waals surface area contributed by atoms with Gasteiger partial charge in [0.1, 0.15) is 6.61 Å². The van der Waals surface area contributed by atoms with Gasteiger partial charge < -0.3 is 18.6 Å². The van der Waals surface area contributed by atoms with Crippen molar-refractivity contribution in [1.29, 1.82) is 0 Å². The van der Waals surface area contributed by atoms with Crippen LogP contribution in [0.3, 0.4) is 0 Å². The molecular weight excluding hydrogens is 408 g/mol. The maximum atomic E-state index is 12.4. The van der Waals surface area contributed by atoms with Crippen LogP contribution in [0.1, 0.15) is 21.7 Å². The van der Waals surface area contributed by atoms with Crippen molar-refractivity contribution in [3.05, 3.63) is 89.7 Å². The molecule has 0 spiro atoms. The molecule has 0 bridgehead atoms. The first kappa shape index (κ1) is 21.0. The van der Waals surface area contributed by atoms with Gasteiger partial charge in [-0.1, -0.05) is 42.5 Å². The molecule has 0 saturated carbocycles. The Morgan fingerprint density at radius 3 is 2.53 bits per heavy atom. The van der Waals surface area contributed by atoms with Gasteiger partial charge in [-0.05, 0) is 41.5 Å².